The minimum Gasteiger partial charge on any atom is -0.352 e. The topological polar surface area (TPSA) is 114 Å². The summed E-state index contributed by atoms with van der Waals surface area (Å²) in [5, 5.41) is 8.27. The summed E-state index contributed by atoms with van der Waals surface area (Å²) in [6.07, 6.45) is 2.66. The highest BCUT2D eigenvalue weighted by atomic mass is 32.2. The summed E-state index contributed by atoms with van der Waals surface area (Å²) in [6.45, 7) is 3.68. The molecule has 2 amide bonds. The van der Waals surface area contributed by atoms with Crippen LogP contribution in [-0.2, 0) is 14.6 Å². The number of aromatic nitrogens is 3. The van der Waals surface area contributed by atoms with E-state index < -0.39 is 9.84 Å². The summed E-state index contributed by atoms with van der Waals surface area (Å²) in [6, 6.07) is 11.1. The molecule has 9 nitrogen and oxygen atoms in total. The SMILES string of the molecule is Cc1nn([C@H]2CCS(=O)(=O)C2)c2nc(-c3ccccc3)cc(C(=O)NCCCN3CCCC3=O)c12. The van der Waals surface area contributed by atoms with Crippen molar-refractivity contribution in [2.75, 3.05) is 31.1 Å². The fourth-order valence-electron chi connectivity index (χ4n) is 4.98. The number of pyridine rings is 1. The normalized spacial score (nSPS) is 19.5. The zero-order chi connectivity index (χ0) is 24.6. The van der Waals surface area contributed by atoms with Crippen LogP contribution in [0.1, 0.15) is 47.8 Å². The minimum atomic E-state index is -3.11. The van der Waals surface area contributed by atoms with Crippen molar-refractivity contribution in [1.82, 2.24) is 25.0 Å². The first-order valence-corrected chi connectivity index (χ1v) is 13.9. The highest BCUT2D eigenvalue weighted by Crippen LogP contribution is 2.32. The highest BCUT2D eigenvalue weighted by Gasteiger charge is 2.32. The average molecular weight is 496 g/mol. The molecule has 0 bridgehead atoms. The van der Waals surface area contributed by atoms with Gasteiger partial charge >= 0.3 is 0 Å². The quantitative estimate of drug-likeness (QED) is 0.504. The smallest absolute Gasteiger partial charge is 0.252 e. The molecule has 0 spiro atoms. The Hall–Kier alpha value is -3.27. The highest BCUT2D eigenvalue weighted by molar-refractivity contribution is 7.91. The van der Waals surface area contributed by atoms with E-state index in [0.717, 1.165) is 18.5 Å². The van der Waals surface area contributed by atoms with E-state index in [1.54, 1.807) is 10.7 Å². The van der Waals surface area contributed by atoms with Crippen LogP contribution in [0.3, 0.4) is 0 Å². The zero-order valence-corrected chi connectivity index (χ0v) is 20.6. The molecule has 0 saturated carbocycles. The van der Waals surface area contributed by atoms with E-state index in [-0.39, 0.29) is 29.4 Å². The van der Waals surface area contributed by atoms with Gasteiger partial charge in [-0.3, -0.25) is 9.59 Å². The fraction of sp³-hybridized carbons (Fsp3) is 0.440. The van der Waals surface area contributed by atoms with Crippen molar-refractivity contribution < 1.29 is 18.0 Å². The summed E-state index contributed by atoms with van der Waals surface area (Å²) in [5.74, 6) is 0.0984. The van der Waals surface area contributed by atoms with Crippen LogP contribution in [0.4, 0.5) is 0 Å². The van der Waals surface area contributed by atoms with Gasteiger partial charge in [0.15, 0.2) is 15.5 Å². The van der Waals surface area contributed by atoms with Crippen LogP contribution >= 0.6 is 0 Å². The Labute approximate surface area is 204 Å². The third-order valence-electron chi connectivity index (χ3n) is 6.77. The lowest BCUT2D eigenvalue weighted by molar-refractivity contribution is -0.127. The van der Waals surface area contributed by atoms with Crippen LogP contribution in [-0.4, -0.2) is 71.0 Å². The van der Waals surface area contributed by atoms with E-state index in [1.807, 2.05) is 42.2 Å². The summed E-state index contributed by atoms with van der Waals surface area (Å²) in [7, 11) is -3.11. The van der Waals surface area contributed by atoms with Crippen LogP contribution in [0, 0.1) is 6.92 Å². The molecule has 0 radical (unpaired) electrons. The summed E-state index contributed by atoms with van der Waals surface area (Å²) < 4.78 is 26.0. The Bertz CT molecular complexity index is 1380. The summed E-state index contributed by atoms with van der Waals surface area (Å²) >= 11 is 0. The zero-order valence-electron chi connectivity index (χ0n) is 19.7. The Morgan fingerprint density at radius 2 is 2.03 bits per heavy atom. The molecule has 1 N–H and O–H groups in total. The van der Waals surface area contributed by atoms with Gasteiger partial charge < -0.3 is 10.2 Å². The van der Waals surface area contributed by atoms with Gasteiger partial charge in [0.05, 0.1) is 39.9 Å². The molecule has 1 atom stereocenters. The predicted molar refractivity (Wildman–Crippen MR) is 133 cm³/mol. The van der Waals surface area contributed by atoms with Crippen LogP contribution in [0.25, 0.3) is 22.3 Å². The van der Waals surface area contributed by atoms with Gasteiger partial charge in [-0.05, 0) is 32.3 Å². The molecule has 2 fully saturated rings. The number of carbonyl (C=O) groups is 2. The first kappa shape index (κ1) is 23.5. The molecule has 0 unspecified atom stereocenters. The van der Waals surface area contributed by atoms with E-state index in [4.69, 9.17) is 4.98 Å². The van der Waals surface area contributed by atoms with Crippen molar-refractivity contribution in [3.63, 3.8) is 0 Å². The fourth-order valence-corrected chi connectivity index (χ4v) is 6.67. The lowest BCUT2D eigenvalue weighted by Gasteiger charge is -2.15. The molecule has 2 aliphatic rings. The monoisotopic (exact) mass is 495 g/mol. The van der Waals surface area contributed by atoms with Crippen LogP contribution < -0.4 is 5.32 Å². The second-order valence-corrected chi connectivity index (χ2v) is 11.5. The number of sulfone groups is 1. The molecular formula is C25H29N5O4S. The molecule has 0 aliphatic carbocycles. The first-order valence-electron chi connectivity index (χ1n) is 12.0. The number of rotatable bonds is 7. The minimum absolute atomic E-state index is 0.0250. The molecule has 2 aliphatic heterocycles. The largest absolute Gasteiger partial charge is 0.352 e. The molecule has 10 heteroatoms. The number of likely N-dealkylation sites (tertiary alicyclic amines) is 1. The van der Waals surface area contributed by atoms with Gasteiger partial charge in [-0.1, -0.05) is 30.3 Å². The lowest BCUT2D eigenvalue weighted by Crippen LogP contribution is -2.30. The number of nitrogens with one attached hydrogen (secondary N) is 1. The number of aryl methyl sites for hydroxylation is 1. The number of benzene rings is 1. The molecule has 2 aromatic heterocycles. The molecule has 35 heavy (non-hydrogen) atoms. The molecule has 3 aromatic rings. The molecular weight excluding hydrogens is 466 g/mol. The van der Waals surface area contributed by atoms with Crippen molar-refractivity contribution in [3.8, 4) is 11.3 Å². The Morgan fingerprint density at radius 1 is 1.23 bits per heavy atom. The van der Waals surface area contributed by atoms with Gasteiger partial charge in [-0.2, -0.15) is 5.10 Å². The first-order chi connectivity index (χ1) is 16.8. The van der Waals surface area contributed by atoms with Gasteiger partial charge in [0.25, 0.3) is 5.91 Å². The lowest BCUT2D eigenvalue weighted by atomic mass is 10.0. The molecule has 1 aromatic carbocycles. The van der Waals surface area contributed by atoms with Crippen molar-refractivity contribution in [3.05, 3.63) is 47.7 Å². The van der Waals surface area contributed by atoms with Crippen LogP contribution in [0.5, 0.6) is 0 Å². The second-order valence-electron chi connectivity index (χ2n) is 9.30. The van der Waals surface area contributed by atoms with Crippen molar-refractivity contribution in [1.29, 1.82) is 0 Å². The number of hydrogen-bond donors (Lipinski definition) is 1. The van der Waals surface area contributed by atoms with Crippen LogP contribution in [0.15, 0.2) is 36.4 Å². The molecule has 4 heterocycles. The van der Waals surface area contributed by atoms with Crippen LogP contribution in [0.2, 0.25) is 0 Å². The number of nitrogens with zero attached hydrogens (tertiary/aromatic N) is 4. The van der Waals surface area contributed by atoms with Crippen molar-refractivity contribution in [2.45, 2.75) is 38.6 Å². The van der Waals surface area contributed by atoms with Gasteiger partial charge in [-0.15, -0.1) is 0 Å². The Morgan fingerprint density at radius 3 is 2.71 bits per heavy atom. The van der Waals surface area contributed by atoms with Gasteiger partial charge in [0.1, 0.15) is 0 Å². The number of amides is 2. The Balaban J connectivity index is 1.47. The van der Waals surface area contributed by atoms with Gasteiger partial charge in [-0.25, -0.2) is 18.1 Å². The van der Waals surface area contributed by atoms with Crippen molar-refractivity contribution >= 4 is 32.7 Å². The van der Waals surface area contributed by atoms with Gasteiger partial charge in [0, 0.05) is 31.6 Å². The van der Waals surface area contributed by atoms with E-state index in [1.165, 1.54) is 0 Å². The second kappa shape index (κ2) is 9.41. The van der Waals surface area contributed by atoms with E-state index in [2.05, 4.69) is 10.4 Å². The summed E-state index contributed by atoms with van der Waals surface area (Å²) in [5.41, 5.74) is 3.13. The molecule has 2 saturated heterocycles. The van der Waals surface area contributed by atoms with E-state index >= 15 is 0 Å². The maximum atomic E-state index is 13.3. The third kappa shape index (κ3) is 4.80. The Kier molecular flexibility index (Phi) is 6.31. The molecule has 5 rings (SSSR count). The van der Waals surface area contributed by atoms with E-state index in [9.17, 15) is 18.0 Å². The third-order valence-corrected chi connectivity index (χ3v) is 8.52. The van der Waals surface area contributed by atoms with Gasteiger partial charge in [0.2, 0.25) is 5.91 Å². The summed E-state index contributed by atoms with van der Waals surface area (Å²) in [4.78, 5) is 31.8. The predicted octanol–water partition coefficient (Wildman–Crippen LogP) is 2.51. The van der Waals surface area contributed by atoms with Crippen molar-refractivity contribution in [2.24, 2.45) is 0 Å². The molecule has 184 valence electrons. The maximum absolute atomic E-state index is 13.3. The van der Waals surface area contributed by atoms with E-state index in [0.29, 0.717) is 60.3 Å². The number of fused-ring (bicyclic) bond motifs is 1. The maximum Gasteiger partial charge on any atom is 0.252 e. The average Bonchev–Trinajstić information content (AvgIpc) is 3.53. The number of hydrogen-bond acceptors (Lipinski definition) is 6. The number of carbonyl (C=O) groups excluding carboxylic acids is 2. The standard InChI is InChI=1S/C25H29N5O4S/c1-17-23-20(25(32)26-11-6-13-29-12-5-9-22(29)31)15-21(18-7-3-2-4-8-18)27-24(23)30(28-17)19-10-14-35(33,34)16-19/h2-4,7-8,15,19H,5-6,9-14,16H2,1H3,(H,26,32)/t19-/m0/s1.